The highest BCUT2D eigenvalue weighted by molar-refractivity contribution is 5.81. The van der Waals surface area contributed by atoms with Gasteiger partial charge in [0.25, 0.3) is 0 Å². The Labute approximate surface area is 224 Å². The monoisotopic (exact) mass is 497 g/mol. The molecule has 5 nitrogen and oxygen atoms in total. The molecule has 1 aliphatic heterocycles. The van der Waals surface area contributed by atoms with Crippen molar-refractivity contribution in [3.8, 4) is 16.9 Å². The molecule has 5 aromatic rings. The summed E-state index contributed by atoms with van der Waals surface area (Å²) in [5.41, 5.74) is 10.1. The molecule has 0 spiro atoms. The van der Waals surface area contributed by atoms with Crippen molar-refractivity contribution in [2.24, 2.45) is 0 Å². The lowest BCUT2D eigenvalue weighted by molar-refractivity contribution is 0.496. The topological polar surface area (TPSA) is 27.5 Å². The molecule has 6 rings (SSSR count). The summed E-state index contributed by atoms with van der Waals surface area (Å²) in [6, 6.07) is 34.2. The lowest BCUT2D eigenvalue weighted by Gasteiger charge is -2.27. The number of para-hydroxylation sites is 2. The Kier molecular flexibility index (Phi) is 6.18. The number of nitrogens with zero attached hydrogens (tertiary/aromatic N) is 5. The fraction of sp³-hybridized carbons (Fsp3) is 0.121. The van der Waals surface area contributed by atoms with Crippen LogP contribution in [0, 0.1) is 13.8 Å². The summed E-state index contributed by atoms with van der Waals surface area (Å²) in [6.45, 7) is 5.13. The van der Waals surface area contributed by atoms with Gasteiger partial charge in [0.05, 0.1) is 24.4 Å². The number of benzene rings is 4. The molecular weight excluding hydrogens is 466 g/mol. The third-order valence-corrected chi connectivity index (χ3v) is 6.99. The van der Waals surface area contributed by atoms with E-state index < -0.39 is 0 Å². The van der Waals surface area contributed by atoms with Gasteiger partial charge in [-0.05, 0) is 67.4 Å². The lowest BCUT2D eigenvalue weighted by atomic mass is 10.1. The van der Waals surface area contributed by atoms with E-state index in [9.17, 15) is 0 Å². The Hall–Kier alpha value is -4.77. The quantitative estimate of drug-likeness (QED) is 0.239. The minimum Gasteiger partial charge on any atom is -0.361 e. The van der Waals surface area contributed by atoms with E-state index in [1.807, 2.05) is 6.33 Å². The van der Waals surface area contributed by atoms with Crippen LogP contribution in [0.4, 0.5) is 22.7 Å². The van der Waals surface area contributed by atoms with E-state index in [0.29, 0.717) is 0 Å². The summed E-state index contributed by atoms with van der Waals surface area (Å²) < 4.78 is 2.13. The molecule has 0 radical (unpaired) electrons. The van der Waals surface area contributed by atoms with Gasteiger partial charge in [0.2, 0.25) is 0 Å². The van der Waals surface area contributed by atoms with Crippen LogP contribution in [-0.4, -0.2) is 28.2 Å². The molecule has 0 saturated carbocycles. The largest absolute Gasteiger partial charge is 0.361 e. The molecular formula is C33H31N5. The highest BCUT2D eigenvalue weighted by Crippen LogP contribution is 2.38. The number of aromatic nitrogens is 2. The Morgan fingerprint density at radius 1 is 0.711 bits per heavy atom. The summed E-state index contributed by atoms with van der Waals surface area (Å²) in [5.74, 6) is 0. The molecule has 4 aromatic carbocycles. The third-order valence-electron chi connectivity index (χ3n) is 6.99. The van der Waals surface area contributed by atoms with Crippen LogP contribution in [0.5, 0.6) is 0 Å². The second-order valence-corrected chi connectivity index (χ2v) is 9.81. The molecule has 1 aromatic heterocycles. The van der Waals surface area contributed by atoms with Crippen LogP contribution in [0.1, 0.15) is 11.1 Å². The van der Waals surface area contributed by atoms with Gasteiger partial charge < -0.3 is 19.3 Å². The number of hydrogen-bond acceptors (Lipinski definition) is 4. The number of hydrogen-bond donors (Lipinski definition) is 0. The van der Waals surface area contributed by atoms with E-state index in [-0.39, 0.29) is 0 Å². The highest BCUT2D eigenvalue weighted by Gasteiger charge is 2.17. The Morgan fingerprint density at radius 3 is 2.13 bits per heavy atom. The van der Waals surface area contributed by atoms with E-state index in [4.69, 9.17) is 4.98 Å². The SMILES string of the molecule is Cc1cccc(C)c1-n1cnc(-c2cccc(N(c3ccccc3)c3cccc(N4C=CN(C)C4)c3)c2)c1. The number of aryl methyl sites for hydroxylation is 2. The van der Waals surface area contributed by atoms with Gasteiger partial charge in [0.1, 0.15) is 0 Å². The first-order valence-electron chi connectivity index (χ1n) is 12.9. The molecule has 0 amide bonds. The van der Waals surface area contributed by atoms with Crippen molar-refractivity contribution in [1.29, 1.82) is 0 Å². The van der Waals surface area contributed by atoms with Gasteiger partial charge in [-0.1, -0.05) is 54.6 Å². The summed E-state index contributed by atoms with van der Waals surface area (Å²) in [7, 11) is 2.09. The minimum absolute atomic E-state index is 0.841. The van der Waals surface area contributed by atoms with Crippen LogP contribution in [0.15, 0.2) is 122 Å². The van der Waals surface area contributed by atoms with Crippen LogP contribution < -0.4 is 9.80 Å². The molecule has 0 unspecified atom stereocenters. The van der Waals surface area contributed by atoms with Crippen molar-refractivity contribution in [2.75, 3.05) is 23.5 Å². The molecule has 0 aliphatic carbocycles. The van der Waals surface area contributed by atoms with Crippen LogP contribution in [0.25, 0.3) is 16.9 Å². The van der Waals surface area contributed by atoms with Gasteiger partial charge in [0.15, 0.2) is 0 Å². The maximum Gasteiger partial charge on any atom is 0.0999 e. The Bertz CT molecular complexity index is 1580. The fourth-order valence-corrected chi connectivity index (χ4v) is 5.14. The van der Waals surface area contributed by atoms with Gasteiger partial charge in [-0.25, -0.2) is 4.98 Å². The van der Waals surface area contributed by atoms with Crippen LogP contribution in [0.3, 0.4) is 0 Å². The zero-order valence-electron chi connectivity index (χ0n) is 22.0. The average molecular weight is 498 g/mol. The van der Waals surface area contributed by atoms with Crippen molar-refractivity contribution in [3.05, 3.63) is 133 Å². The molecule has 0 bridgehead atoms. The predicted molar refractivity (Wildman–Crippen MR) is 157 cm³/mol. The van der Waals surface area contributed by atoms with Crippen molar-refractivity contribution in [2.45, 2.75) is 13.8 Å². The molecule has 0 atom stereocenters. The summed E-state index contributed by atoms with van der Waals surface area (Å²) >= 11 is 0. The van der Waals surface area contributed by atoms with Crippen LogP contribution in [-0.2, 0) is 0 Å². The second-order valence-electron chi connectivity index (χ2n) is 9.81. The lowest BCUT2D eigenvalue weighted by Crippen LogP contribution is -2.21. The van der Waals surface area contributed by atoms with E-state index in [1.54, 1.807) is 0 Å². The van der Waals surface area contributed by atoms with Crippen molar-refractivity contribution in [1.82, 2.24) is 14.5 Å². The zero-order chi connectivity index (χ0) is 26.1. The zero-order valence-corrected chi connectivity index (χ0v) is 22.0. The molecule has 1 aliphatic rings. The third kappa shape index (κ3) is 4.55. The molecule has 38 heavy (non-hydrogen) atoms. The van der Waals surface area contributed by atoms with Gasteiger partial charge in [-0.2, -0.15) is 0 Å². The summed E-state index contributed by atoms with van der Waals surface area (Å²) in [5, 5.41) is 0. The van der Waals surface area contributed by atoms with E-state index in [2.05, 4.69) is 156 Å². The maximum absolute atomic E-state index is 4.79. The van der Waals surface area contributed by atoms with E-state index >= 15 is 0 Å². The average Bonchev–Trinajstić information content (AvgIpc) is 3.60. The van der Waals surface area contributed by atoms with Crippen molar-refractivity contribution in [3.63, 3.8) is 0 Å². The molecule has 0 N–H and O–H groups in total. The first-order chi connectivity index (χ1) is 18.6. The maximum atomic E-state index is 4.79. The second kappa shape index (κ2) is 9.94. The summed E-state index contributed by atoms with van der Waals surface area (Å²) in [4.78, 5) is 11.5. The molecule has 188 valence electrons. The van der Waals surface area contributed by atoms with Crippen LogP contribution >= 0.6 is 0 Å². The number of anilines is 4. The van der Waals surface area contributed by atoms with Crippen molar-refractivity contribution >= 4 is 22.7 Å². The van der Waals surface area contributed by atoms with Gasteiger partial charge in [0, 0.05) is 54.0 Å². The normalized spacial score (nSPS) is 12.8. The fourth-order valence-electron chi connectivity index (χ4n) is 5.14. The summed E-state index contributed by atoms with van der Waals surface area (Å²) in [6.07, 6.45) is 8.26. The first-order valence-corrected chi connectivity index (χ1v) is 12.9. The van der Waals surface area contributed by atoms with E-state index in [0.717, 1.165) is 40.7 Å². The Balaban J connectivity index is 1.40. The number of imidazole rings is 1. The minimum atomic E-state index is 0.841. The Morgan fingerprint density at radius 2 is 1.39 bits per heavy atom. The number of rotatable bonds is 6. The highest BCUT2D eigenvalue weighted by atomic mass is 15.3. The molecule has 0 saturated heterocycles. The van der Waals surface area contributed by atoms with Gasteiger partial charge in [-0.3, -0.25) is 0 Å². The van der Waals surface area contributed by atoms with Crippen LogP contribution in [0.2, 0.25) is 0 Å². The van der Waals surface area contributed by atoms with E-state index in [1.165, 1.54) is 16.8 Å². The predicted octanol–water partition coefficient (Wildman–Crippen LogP) is 7.81. The molecule has 0 fully saturated rings. The molecule has 2 heterocycles. The molecule has 5 heteroatoms. The van der Waals surface area contributed by atoms with Gasteiger partial charge >= 0.3 is 0 Å². The standard InChI is InChI=1S/C33H31N5/c1-25-10-7-11-26(2)33(25)37-22-32(34-23-37)27-12-8-16-30(20-27)38(28-13-5-4-6-14-28)31-17-9-15-29(21-31)36-19-18-35(3)24-36/h4-23H,24H2,1-3H3. The first kappa shape index (κ1) is 23.6. The van der Waals surface area contributed by atoms with Crippen molar-refractivity contribution < 1.29 is 0 Å². The van der Waals surface area contributed by atoms with Gasteiger partial charge in [-0.15, -0.1) is 0 Å². The smallest absolute Gasteiger partial charge is 0.0999 e.